The van der Waals surface area contributed by atoms with Crippen LogP contribution in [0.25, 0.3) is 11.1 Å². The number of alkyl halides is 3. The van der Waals surface area contributed by atoms with Gasteiger partial charge in [-0.2, -0.15) is 13.2 Å². The molecular weight excluding hydrogens is 567 g/mol. The highest BCUT2D eigenvalue weighted by Gasteiger charge is 2.42. The van der Waals surface area contributed by atoms with Crippen LogP contribution in [0.1, 0.15) is 105 Å². The van der Waals surface area contributed by atoms with E-state index < -0.39 is 18.2 Å². The molecule has 0 saturated carbocycles. The van der Waals surface area contributed by atoms with Crippen molar-refractivity contribution in [3.63, 3.8) is 0 Å². The highest BCUT2D eigenvalue weighted by molar-refractivity contribution is 6.09. The number of carbonyl (C=O) groups excluding carboxylic acids is 2. The molecule has 238 valence electrons. The molecule has 44 heavy (non-hydrogen) atoms. The zero-order valence-corrected chi connectivity index (χ0v) is 25.8. The maximum Gasteiger partial charge on any atom is 0.425 e. The molecule has 0 saturated heterocycles. The molecule has 0 aromatic heterocycles. The van der Waals surface area contributed by atoms with Crippen LogP contribution in [-0.4, -0.2) is 30.8 Å². The fraction of sp³-hybridized carbons (Fsp3) is 0.444. The van der Waals surface area contributed by atoms with E-state index in [0.29, 0.717) is 36.4 Å². The maximum atomic E-state index is 13.5. The summed E-state index contributed by atoms with van der Waals surface area (Å²) in [4.78, 5) is 26.0. The average molecular weight is 612 g/mol. The number of ether oxygens (including phenoxy) is 2. The molecule has 0 radical (unpaired) electrons. The van der Waals surface area contributed by atoms with Crippen molar-refractivity contribution in [1.29, 1.82) is 0 Å². The Morgan fingerprint density at radius 1 is 0.773 bits per heavy atom. The van der Waals surface area contributed by atoms with Crippen LogP contribution in [0.4, 0.5) is 18.9 Å². The number of carbonyl (C=O) groups is 2. The third-order valence-electron chi connectivity index (χ3n) is 7.40. The van der Waals surface area contributed by atoms with E-state index in [0.717, 1.165) is 36.8 Å². The number of halogens is 3. The summed E-state index contributed by atoms with van der Waals surface area (Å²) in [6, 6.07) is 20.6. The molecule has 0 aliphatic heterocycles. The van der Waals surface area contributed by atoms with Crippen molar-refractivity contribution >= 4 is 17.6 Å². The molecule has 5 nitrogen and oxygen atoms in total. The number of unbranched alkanes of at least 4 members (excludes halogenated alkanes) is 8. The van der Waals surface area contributed by atoms with E-state index >= 15 is 0 Å². The molecule has 8 heteroatoms. The lowest BCUT2D eigenvalue weighted by atomic mass is 9.98. The van der Waals surface area contributed by atoms with Crippen LogP contribution in [0.15, 0.2) is 72.8 Å². The van der Waals surface area contributed by atoms with Gasteiger partial charge in [-0.3, -0.25) is 4.79 Å². The predicted octanol–water partition coefficient (Wildman–Crippen LogP) is 10.4. The van der Waals surface area contributed by atoms with Gasteiger partial charge in [0, 0.05) is 5.69 Å². The molecule has 3 rings (SSSR count). The quantitative estimate of drug-likeness (QED) is 0.115. The van der Waals surface area contributed by atoms with Gasteiger partial charge in [-0.05, 0) is 72.9 Å². The number of nitrogens with one attached hydrogen (secondary N) is 1. The van der Waals surface area contributed by atoms with E-state index in [1.165, 1.54) is 49.9 Å². The van der Waals surface area contributed by atoms with Crippen LogP contribution in [0, 0.1) is 0 Å². The largest absolute Gasteiger partial charge is 0.494 e. The molecule has 1 N–H and O–H groups in total. The van der Waals surface area contributed by atoms with Crippen molar-refractivity contribution in [2.75, 3.05) is 11.9 Å². The lowest BCUT2D eigenvalue weighted by molar-refractivity contribution is -0.206. The fourth-order valence-corrected chi connectivity index (χ4v) is 4.87. The number of esters is 1. The first-order valence-corrected chi connectivity index (χ1v) is 15.7. The molecule has 1 unspecified atom stereocenters. The van der Waals surface area contributed by atoms with Crippen LogP contribution in [-0.2, 0) is 4.74 Å². The summed E-state index contributed by atoms with van der Waals surface area (Å²) in [5, 5.41) is 2.84. The highest BCUT2D eigenvalue weighted by atomic mass is 19.4. The van der Waals surface area contributed by atoms with Gasteiger partial charge >= 0.3 is 12.1 Å². The monoisotopic (exact) mass is 611 g/mol. The molecule has 0 fully saturated rings. The van der Waals surface area contributed by atoms with Crippen LogP contribution < -0.4 is 10.1 Å². The molecule has 0 spiro atoms. The molecule has 0 bridgehead atoms. The Balaban J connectivity index is 1.68. The van der Waals surface area contributed by atoms with Crippen molar-refractivity contribution in [1.82, 2.24) is 0 Å². The zero-order chi connectivity index (χ0) is 31.8. The SMILES string of the molecule is CCCCCCCCOc1ccc(-c2ccccc2)c(C(=O)Nc2ccc(C(=O)OC(CCCCCC)C(F)(F)F)cc2)c1. The number of hydrogen-bond acceptors (Lipinski definition) is 4. The van der Waals surface area contributed by atoms with Crippen molar-refractivity contribution in [2.45, 2.75) is 96.8 Å². The second kappa shape index (κ2) is 18.1. The Morgan fingerprint density at radius 2 is 1.41 bits per heavy atom. The van der Waals surface area contributed by atoms with Crippen molar-refractivity contribution in [3.8, 4) is 16.9 Å². The number of amides is 1. The average Bonchev–Trinajstić information content (AvgIpc) is 3.02. The number of anilines is 1. The van der Waals surface area contributed by atoms with Gasteiger partial charge in [-0.25, -0.2) is 4.79 Å². The van der Waals surface area contributed by atoms with Gasteiger partial charge in [0.1, 0.15) is 5.75 Å². The fourth-order valence-electron chi connectivity index (χ4n) is 4.87. The minimum absolute atomic E-state index is 0.0270. The van der Waals surface area contributed by atoms with Crippen LogP contribution in [0.3, 0.4) is 0 Å². The van der Waals surface area contributed by atoms with Gasteiger partial charge in [0.25, 0.3) is 5.91 Å². The summed E-state index contributed by atoms with van der Waals surface area (Å²) in [6.07, 6.45) is 2.50. The van der Waals surface area contributed by atoms with Crippen molar-refractivity contribution in [2.24, 2.45) is 0 Å². The molecular formula is C36H44F3NO4. The predicted molar refractivity (Wildman–Crippen MR) is 169 cm³/mol. The third-order valence-corrected chi connectivity index (χ3v) is 7.40. The summed E-state index contributed by atoms with van der Waals surface area (Å²) >= 11 is 0. The molecule has 0 aliphatic carbocycles. The van der Waals surface area contributed by atoms with Gasteiger partial charge in [0.2, 0.25) is 0 Å². The smallest absolute Gasteiger partial charge is 0.425 e. The molecule has 1 atom stereocenters. The maximum absolute atomic E-state index is 13.5. The minimum atomic E-state index is -4.64. The summed E-state index contributed by atoms with van der Waals surface area (Å²) in [6.45, 7) is 4.72. The Hall–Kier alpha value is -3.81. The lowest BCUT2D eigenvalue weighted by Gasteiger charge is -2.20. The standard InChI is InChI=1S/C36H44F3NO4/c1-3-5-7-9-10-15-25-43-30-23-24-31(27-16-12-11-13-17-27)32(26-30)34(41)40-29-21-19-28(20-22-29)35(42)44-33(36(37,38)39)18-14-8-6-4-2/h11-13,16-17,19-24,26,33H,3-10,14-15,18,25H2,1-2H3,(H,40,41). The third kappa shape index (κ3) is 11.4. The van der Waals surface area contributed by atoms with Crippen molar-refractivity contribution < 1.29 is 32.2 Å². The topological polar surface area (TPSA) is 64.6 Å². The first-order chi connectivity index (χ1) is 21.2. The van der Waals surface area contributed by atoms with E-state index in [9.17, 15) is 22.8 Å². The van der Waals surface area contributed by atoms with Gasteiger partial charge in [-0.1, -0.05) is 95.5 Å². The van der Waals surface area contributed by atoms with Gasteiger partial charge in [0.15, 0.2) is 6.10 Å². The highest BCUT2D eigenvalue weighted by Crippen LogP contribution is 2.30. The number of rotatable bonds is 18. The molecule has 0 aliphatic rings. The van der Waals surface area contributed by atoms with E-state index in [1.54, 1.807) is 6.07 Å². The minimum Gasteiger partial charge on any atom is -0.494 e. The van der Waals surface area contributed by atoms with E-state index in [4.69, 9.17) is 9.47 Å². The summed E-state index contributed by atoms with van der Waals surface area (Å²) in [7, 11) is 0. The Kier molecular flexibility index (Phi) is 14.3. The van der Waals surface area contributed by atoms with Crippen LogP contribution in [0.2, 0.25) is 0 Å². The van der Waals surface area contributed by atoms with Crippen molar-refractivity contribution in [3.05, 3.63) is 83.9 Å². The molecule has 1 amide bonds. The van der Waals surface area contributed by atoms with Crippen LogP contribution >= 0.6 is 0 Å². The van der Waals surface area contributed by atoms with Gasteiger partial charge in [-0.15, -0.1) is 0 Å². The number of benzene rings is 3. The Labute approximate surface area is 259 Å². The Bertz CT molecular complexity index is 1290. The van der Waals surface area contributed by atoms with Gasteiger partial charge in [0.05, 0.1) is 17.7 Å². The molecule has 3 aromatic rings. The van der Waals surface area contributed by atoms with Crippen LogP contribution in [0.5, 0.6) is 5.75 Å². The Morgan fingerprint density at radius 3 is 2.07 bits per heavy atom. The molecule has 0 heterocycles. The van der Waals surface area contributed by atoms with E-state index in [2.05, 4.69) is 12.2 Å². The van der Waals surface area contributed by atoms with Gasteiger partial charge < -0.3 is 14.8 Å². The van der Waals surface area contributed by atoms with E-state index in [1.807, 2.05) is 49.4 Å². The molecule has 3 aromatic carbocycles. The zero-order valence-electron chi connectivity index (χ0n) is 25.8. The lowest BCUT2D eigenvalue weighted by Crippen LogP contribution is -2.33. The second-order valence-corrected chi connectivity index (χ2v) is 11.0. The van der Waals surface area contributed by atoms with E-state index in [-0.39, 0.29) is 17.9 Å². The normalized spacial score (nSPS) is 12.0. The number of hydrogen-bond donors (Lipinski definition) is 1. The summed E-state index contributed by atoms with van der Waals surface area (Å²) < 4.78 is 51.2. The first kappa shape index (κ1) is 34.7. The summed E-state index contributed by atoms with van der Waals surface area (Å²) in [5.74, 6) is -0.842. The second-order valence-electron chi connectivity index (χ2n) is 11.0. The first-order valence-electron chi connectivity index (χ1n) is 15.7. The summed E-state index contributed by atoms with van der Waals surface area (Å²) in [5.41, 5.74) is 2.37.